The summed E-state index contributed by atoms with van der Waals surface area (Å²) < 4.78 is 48.4. The van der Waals surface area contributed by atoms with Gasteiger partial charge in [-0.3, -0.25) is 4.79 Å². The molecule has 0 saturated heterocycles. The number of sulfonamides is 1. The molecule has 1 aliphatic heterocycles. The van der Waals surface area contributed by atoms with Crippen LogP contribution in [0.5, 0.6) is 5.75 Å². The fraction of sp³-hybridized carbons (Fsp3) is 0.464. The van der Waals surface area contributed by atoms with Crippen LogP contribution in [0, 0.1) is 29.5 Å². The van der Waals surface area contributed by atoms with E-state index in [1.54, 1.807) is 32.2 Å². The zero-order chi connectivity index (χ0) is 27.3. The second-order valence-corrected chi connectivity index (χ2v) is 11.9. The number of fused-ring (bicyclic) bond motifs is 1. The molecule has 3 atom stereocenters. The first-order chi connectivity index (χ1) is 17.4. The Hall–Kier alpha value is -2.93. The van der Waals surface area contributed by atoms with Crippen molar-refractivity contribution in [2.24, 2.45) is 11.8 Å². The van der Waals surface area contributed by atoms with Crippen LogP contribution < -0.4 is 4.74 Å². The van der Waals surface area contributed by atoms with Gasteiger partial charge in [-0.25, -0.2) is 12.8 Å². The lowest BCUT2D eigenvalue weighted by Gasteiger charge is -2.37. The number of nitrogens with zero attached hydrogens (tertiary/aromatic N) is 2. The fourth-order valence-electron chi connectivity index (χ4n) is 4.07. The number of ether oxygens (including phenoxy) is 1. The lowest BCUT2D eigenvalue weighted by molar-refractivity contribution is 0.0563. The lowest BCUT2D eigenvalue weighted by Crippen LogP contribution is -2.50. The van der Waals surface area contributed by atoms with E-state index in [0.717, 1.165) is 0 Å². The van der Waals surface area contributed by atoms with Crippen molar-refractivity contribution in [3.05, 3.63) is 59.4 Å². The Morgan fingerprint density at radius 1 is 1.24 bits per heavy atom. The van der Waals surface area contributed by atoms with Gasteiger partial charge in [-0.15, -0.1) is 0 Å². The summed E-state index contributed by atoms with van der Waals surface area (Å²) in [5.74, 6) is 5.50. The number of benzene rings is 2. The number of likely N-dealkylation sites (N-methyl/N-ethyl adjacent to an activating group) is 1. The molecule has 200 valence electrons. The number of rotatable bonds is 6. The first-order valence-corrected chi connectivity index (χ1v) is 13.8. The number of aliphatic hydroxyl groups is 1. The maximum Gasteiger partial charge on any atom is 0.253 e. The van der Waals surface area contributed by atoms with Gasteiger partial charge in [-0.2, -0.15) is 4.31 Å². The van der Waals surface area contributed by atoms with Crippen LogP contribution in [-0.2, 0) is 10.0 Å². The summed E-state index contributed by atoms with van der Waals surface area (Å²) >= 11 is 0. The van der Waals surface area contributed by atoms with Crippen molar-refractivity contribution >= 4 is 15.9 Å². The maximum absolute atomic E-state index is 13.7. The molecule has 1 N–H and O–H groups in total. The molecular weight excluding hydrogens is 495 g/mol. The molecule has 9 heteroatoms. The molecule has 0 saturated carbocycles. The van der Waals surface area contributed by atoms with Gasteiger partial charge < -0.3 is 14.7 Å². The van der Waals surface area contributed by atoms with Gasteiger partial charge in [0.1, 0.15) is 22.6 Å². The average molecular weight is 531 g/mol. The van der Waals surface area contributed by atoms with Gasteiger partial charge in [0.05, 0.1) is 13.2 Å². The quantitative estimate of drug-likeness (QED) is 0.575. The highest BCUT2D eigenvalue weighted by Crippen LogP contribution is 2.34. The van der Waals surface area contributed by atoms with Crippen molar-refractivity contribution in [3.8, 4) is 17.6 Å². The summed E-state index contributed by atoms with van der Waals surface area (Å²) in [6.07, 6.45) is 0.119. The molecule has 1 aliphatic rings. The summed E-state index contributed by atoms with van der Waals surface area (Å²) in [4.78, 5) is 14.4. The van der Waals surface area contributed by atoms with Gasteiger partial charge in [0, 0.05) is 43.1 Å². The second kappa shape index (κ2) is 12.1. The molecule has 0 radical (unpaired) electrons. The normalized spacial score (nSPS) is 20.0. The highest BCUT2D eigenvalue weighted by Gasteiger charge is 2.38. The number of halogens is 1. The van der Waals surface area contributed by atoms with Gasteiger partial charge in [-0.05, 0) is 49.2 Å². The summed E-state index contributed by atoms with van der Waals surface area (Å²) in [6, 6.07) is 9.55. The van der Waals surface area contributed by atoms with Crippen LogP contribution in [0.3, 0.4) is 0 Å². The Morgan fingerprint density at radius 2 is 1.97 bits per heavy atom. The molecule has 0 fully saturated rings. The van der Waals surface area contributed by atoms with Crippen LogP contribution in [0.1, 0.15) is 50.0 Å². The smallest absolute Gasteiger partial charge is 0.253 e. The zero-order valence-corrected chi connectivity index (χ0v) is 22.8. The van der Waals surface area contributed by atoms with E-state index in [1.165, 1.54) is 33.5 Å². The number of hydrogen-bond donors (Lipinski definition) is 1. The van der Waals surface area contributed by atoms with Gasteiger partial charge in [0.2, 0.25) is 10.0 Å². The highest BCUT2D eigenvalue weighted by atomic mass is 32.2. The molecule has 1 heterocycles. The van der Waals surface area contributed by atoms with E-state index in [-0.39, 0.29) is 47.7 Å². The Kier molecular flexibility index (Phi) is 9.35. The maximum atomic E-state index is 13.7. The number of carbonyl (C=O) groups is 1. The number of aliphatic hydroxyl groups excluding tert-OH is 1. The van der Waals surface area contributed by atoms with Crippen LogP contribution in [0.4, 0.5) is 4.39 Å². The van der Waals surface area contributed by atoms with Crippen molar-refractivity contribution in [3.63, 3.8) is 0 Å². The minimum atomic E-state index is -3.98. The minimum Gasteiger partial charge on any atom is -0.487 e. The molecule has 0 aliphatic carbocycles. The molecule has 0 unspecified atom stereocenters. The van der Waals surface area contributed by atoms with Crippen LogP contribution >= 0.6 is 0 Å². The molecule has 1 amide bonds. The van der Waals surface area contributed by atoms with Crippen LogP contribution in [0.25, 0.3) is 0 Å². The van der Waals surface area contributed by atoms with Crippen LogP contribution in [0.15, 0.2) is 47.4 Å². The molecule has 2 aromatic rings. The summed E-state index contributed by atoms with van der Waals surface area (Å²) in [6.45, 7) is 7.50. The largest absolute Gasteiger partial charge is 0.487 e. The highest BCUT2D eigenvalue weighted by molar-refractivity contribution is 7.89. The van der Waals surface area contributed by atoms with E-state index in [2.05, 4.69) is 25.7 Å². The standard InChI is InChI=1S/C28H35FN2O5S/c1-19(2)8-6-9-22-12-13-27-25(14-22)36-26(20(3)16-31(21(4)18-32)37(27,34)35)17-30(5)28(33)23-10-7-11-24(29)15-23/h7,10-15,19-21,26,32H,8,16-18H2,1-5H3/t20-,21-,26+/m0/s1. The fourth-order valence-corrected chi connectivity index (χ4v) is 5.90. The van der Waals surface area contributed by atoms with Gasteiger partial charge in [-0.1, -0.05) is 38.7 Å². The number of carbonyl (C=O) groups excluding carboxylic acids is 1. The Morgan fingerprint density at radius 3 is 2.62 bits per heavy atom. The topological polar surface area (TPSA) is 87.2 Å². The van der Waals surface area contributed by atoms with E-state index in [0.29, 0.717) is 17.9 Å². The minimum absolute atomic E-state index is 0.0155. The van der Waals surface area contributed by atoms with Crippen molar-refractivity contribution in [1.82, 2.24) is 9.21 Å². The second-order valence-electron chi connectivity index (χ2n) is 10.00. The van der Waals surface area contributed by atoms with E-state index in [1.807, 2.05) is 6.92 Å². The van der Waals surface area contributed by atoms with E-state index in [9.17, 15) is 22.7 Å². The van der Waals surface area contributed by atoms with Crippen molar-refractivity contribution in [2.45, 2.75) is 51.2 Å². The predicted molar refractivity (Wildman–Crippen MR) is 140 cm³/mol. The van der Waals surface area contributed by atoms with Crippen LogP contribution in [-0.4, -0.2) is 67.5 Å². The summed E-state index contributed by atoms with van der Waals surface area (Å²) in [7, 11) is -2.38. The monoisotopic (exact) mass is 530 g/mol. The van der Waals surface area contributed by atoms with Crippen molar-refractivity contribution in [2.75, 3.05) is 26.7 Å². The first-order valence-electron chi connectivity index (χ1n) is 12.4. The summed E-state index contributed by atoms with van der Waals surface area (Å²) in [5.41, 5.74) is 0.828. The third kappa shape index (κ3) is 6.89. The molecule has 3 rings (SSSR count). The third-order valence-corrected chi connectivity index (χ3v) is 8.30. The molecule has 2 aromatic carbocycles. The van der Waals surface area contributed by atoms with E-state index in [4.69, 9.17) is 4.74 Å². The molecule has 0 bridgehead atoms. The van der Waals surface area contributed by atoms with E-state index < -0.39 is 28.0 Å². The van der Waals surface area contributed by atoms with Gasteiger partial charge in [0.25, 0.3) is 5.91 Å². The molecular formula is C28H35FN2O5S. The predicted octanol–water partition coefficient (Wildman–Crippen LogP) is 3.76. The number of hydrogen-bond acceptors (Lipinski definition) is 5. The Bertz CT molecular complexity index is 1280. The van der Waals surface area contributed by atoms with Gasteiger partial charge in [0.15, 0.2) is 0 Å². The van der Waals surface area contributed by atoms with Crippen molar-refractivity contribution < 1.29 is 27.4 Å². The van der Waals surface area contributed by atoms with Crippen molar-refractivity contribution in [1.29, 1.82) is 0 Å². The Labute approximate surface area is 219 Å². The molecule has 0 spiro atoms. The van der Waals surface area contributed by atoms with Gasteiger partial charge >= 0.3 is 0 Å². The summed E-state index contributed by atoms with van der Waals surface area (Å²) in [5, 5.41) is 9.80. The molecule has 0 aromatic heterocycles. The number of amides is 1. The average Bonchev–Trinajstić information content (AvgIpc) is 2.84. The third-order valence-electron chi connectivity index (χ3n) is 6.28. The molecule has 7 nitrogen and oxygen atoms in total. The SMILES string of the molecule is CC(C)CC#Cc1ccc2c(c1)O[C@H](CN(C)C(=O)c1cccc(F)c1)[C@@H](C)CN([C@@H](C)CO)S2(=O)=O. The van der Waals surface area contributed by atoms with Crippen LogP contribution in [0.2, 0.25) is 0 Å². The van der Waals surface area contributed by atoms with E-state index >= 15 is 0 Å². The zero-order valence-electron chi connectivity index (χ0n) is 21.9. The first kappa shape index (κ1) is 28.6. The lowest BCUT2D eigenvalue weighted by atomic mass is 10.0. The Balaban J connectivity index is 2.00. The molecule has 37 heavy (non-hydrogen) atoms.